The Bertz CT molecular complexity index is 1480. The van der Waals surface area contributed by atoms with E-state index in [2.05, 4.69) is 33.2 Å². The SMILES string of the molecule is O=C(C[C@H](c1cccc(Cl)c1)c1cn(Cc2ccc(F)cc2)c2ccccc12)NCc1ccncc1. The highest BCUT2D eigenvalue weighted by atomic mass is 35.5. The van der Waals surface area contributed by atoms with E-state index in [4.69, 9.17) is 11.6 Å². The lowest BCUT2D eigenvalue weighted by molar-refractivity contribution is -0.121. The maximum absolute atomic E-state index is 13.4. The third-order valence-corrected chi connectivity index (χ3v) is 6.58. The smallest absolute Gasteiger partial charge is 0.221 e. The predicted octanol–water partition coefficient (Wildman–Crippen LogP) is 6.72. The molecule has 5 rings (SSSR count). The van der Waals surface area contributed by atoms with Gasteiger partial charge in [0.25, 0.3) is 0 Å². The summed E-state index contributed by atoms with van der Waals surface area (Å²) in [7, 11) is 0. The van der Waals surface area contributed by atoms with Crippen molar-refractivity contribution in [1.29, 1.82) is 0 Å². The van der Waals surface area contributed by atoms with Crippen molar-refractivity contribution in [3.63, 3.8) is 0 Å². The topological polar surface area (TPSA) is 46.9 Å². The van der Waals surface area contributed by atoms with Crippen LogP contribution in [0.15, 0.2) is 104 Å². The standard InChI is InChI=1S/C30H25ClFN3O/c31-24-5-3-4-23(16-24)27(17-30(36)34-18-21-12-14-33-15-13-21)28-20-35(29-7-2-1-6-26(28)29)19-22-8-10-25(32)11-9-22/h1-16,20,27H,17-19H2,(H,34,36)/t27-/m1/s1. The van der Waals surface area contributed by atoms with Crippen LogP contribution in [-0.4, -0.2) is 15.5 Å². The van der Waals surface area contributed by atoms with Crippen LogP contribution in [0.3, 0.4) is 0 Å². The molecule has 0 saturated carbocycles. The molecule has 5 aromatic rings. The Hall–Kier alpha value is -3.96. The zero-order valence-corrected chi connectivity index (χ0v) is 20.3. The fourth-order valence-electron chi connectivity index (χ4n) is 4.56. The molecular weight excluding hydrogens is 473 g/mol. The van der Waals surface area contributed by atoms with Gasteiger partial charge in [-0.15, -0.1) is 0 Å². The van der Waals surface area contributed by atoms with Crippen LogP contribution in [-0.2, 0) is 17.9 Å². The Morgan fingerprint density at radius 1 is 0.944 bits per heavy atom. The molecule has 2 aromatic heterocycles. The number of carbonyl (C=O) groups is 1. The first kappa shape index (κ1) is 23.8. The van der Waals surface area contributed by atoms with Crippen LogP contribution >= 0.6 is 11.6 Å². The Labute approximate surface area is 214 Å². The molecule has 1 N–H and O–H groups in total. The number of halogens is 2. The Kier molecular flexibility index (Phi) is 7.10. The molecule has 0 aliphatic carbocycles. The van der Waals surface area contributed by atoms with Crippen molar-refractivity contribution in [1.82, 2.24) is 14.9 Å². The van der Waals surface area contributed by atoms with Crippen LogP contribution in [0.5, 0.6) is 0 Å². The summed E-state index contributed by atoms with van der Waals surface area (Å²) >= 11 is 6.36. The van der Waals surface area contributed by atoms with Gasteiger partial charge in [-0.05, 0) is 64.7 Å². The van der Waals surface area contributed by atoms with Gasteiger partial charge < -0.3 is 9.88 Å². The minimum Gasteiger partial charge on any atom is -0.352 e. The molecular formula is C30H25ClFN3O. The van der Waals surface area contributed by atoms with E-state index in [0.29, 0.717) is 18.1 Å². The Morgan fingerprint density at radius 2 is 1.72 bits per heavy atom. The first-order chi connectivity index (χ1) is 17.6. The normalized spacial score (nSPS) is 11.9. The average Bonchev–Trinajstić information content (AvgIpc) is 3.26. The predicted molar refractivity (Wildman–Crippen MR) is 141 cm³/mol. The molecule has 0 aliphatic rings. The van der Waals surface area contributed by atoms with Gasteiger partial charge in [-0.2, -0.15) is 0 Å². The van der Waals surface area contributed by atoms with Crippen molar-refractivity contribution in [2.75, 3.05) is 0 Å². The minimum absolute atomic E-state index is 0.0489. The molecule has 0 fully saturated rings. The number of nitrogens with zero attached hydrogens (tertiary/aromatic N) is 2. The number of carbonyl (C=O) groups excluding carboxylic acids is 1. The molecule has 180 valence electrons. The molecule has 4 nitrogen and oxygen atoms in total. The Balaban J connectivity index is 1.49. The fraction of sp³-hybridized carbons (Fsp3) is 0.133. The maximum Gasteiger partial charge on any atom is 0.221 e. The summed E-state index contributed by atoms with van der Waals surface area (Å²) in [5.74, 6) is -0.497. The van der Waals surface area contributed by atoms with Crippen molar-refractivity contribution in [2.24, 2.45) is 0 Å². The second kappa shape index (κ2) is 10.8. The van der Waals surface area contributed by atoms with Gasteiger partial charge in [0.2, 0.25) is 5.91 Å². The van der Waals surface area contributed by atoms with E-state index < -0.39 is 0 Å². The van der Waals surface area contributed by atoms with Crippen molar-refractivity contribution in [2.45, 2.75) is 25.4 Å². The number of nitrogens with one attached hydrogen (secondary N) is 1. The largest absolute Gasteiger partial charge is 0.352 e. The summed E-state index contributed by atoms with van der Waals surface area (Å²) in [5, 5.41) is 4.75. The summed E-state index contributed by atoms with van der Waals surface area (Å²) in [6.07, 6.45) is 5.81. The average molecular weight is 498 g/mol. The van der Waals surface area contributed by atoms with E-state index in [1.165, 1.54) is 12.1 Å². The quantitative estimate of drug-likeness (QED) is 0.259. The van der Waals surface area contributed by atoms with Gasteiger partial charge in [0, 0.05) is 59.9 Å². The van der Waals surface area contributed by atoms with Gasteiger partial charge in [0.15, 0.2) is 0 Å². The minimum atomic E-state index is -0.254. The highest BCUT2D eigenvalue weighted by molar-refractivity contribution is 6.30. The molecule has 1 atom stereocenters. The summed E-state index contributed by atoms with van der Waals surface area (Å²) in [6.45, 7) is 1.03. The fourth-order valence-corrected chi connectivity index (χ4v) is 4.76. The van der Waals surface area contributed by atoms with E-state index >= 15 is 0 Å². The first-order valence-electron chi connectivity index (χ1n) is 11.8. The molecule has 0 spiro atoms. The number of hydrogen-bond acceptors (Lipinski definition) is 2. The first-order valence-corrected chi connectivity index (χ1v) is 12.2. The highest BCUT2D eigenvalue weighted by Gasteiger charge is 2.23. The molecule has 0 radical (unpaired) electrons. The van der Waals surface area contributed by atoms with Crippen LogP contribution in [0.25, 0.3) is 10.9 Å². The molecule has 0 bridgehead atoms. The van der Waals surface area contributed by atoms with Crippen LogP contribution < -0.4 is 5.32 Å². The maximum atomic E-state index is 13.4. The number of hydrogen-bond donors (Lipinski definition) is 1. The van der Waals surface area contributed by atoms with Gasteiger partial charge in [0.05, 0.1) is 0 Å². The van der Waals surface area contributed by atoms with Gasteiger partial charge in [-0.1, -0.05) is 54.1 Å². The van der Waals surface area contributed by atoms with Gasteiger partial charge >= 0.3 is 0 Å². The summed E-state index contributed by atoms with van der Waals surface area (Å²) in [4.78, 5) is 17.1. The van der Waals surface area contributed by atoms with Crippen molar-refractivity contribution >= 4 is 28.4 Å². The highest BCUT2D eigenvalue weighted by Crippen LogP contribution is 2.36. The molecule has 2 heterocycles. The second-order valence-corrected chi connectivity index (χ2v) is 9.24. The summed E-state index contributed by atoms with van der Waals surface area (Å²) < 4.78 is 15.6. The Morgan fingerprint density at radius 3 is 2.50 bits per heavy atom. The lowest BCUT2D eigenvalue weighted by Gasteiger charge is -2.18. The van der Waals surface area contributed by atoms with Crippen molar-refractivity contribution < 1.29 is 9.18 Å². The monoisotopic (exact) mass is 497 g/mol. The summed E-state index contributed by atoms with van der Waals surface area (Å²) in [6, 6.07) is 26.2. The van der Waals surface area contributed by atoms with Crippen LogP contribution in [0.4, 0.5) is 4.39 Å². The molecule has 36 heavy (non-hydrogen) atoms. The number of rotatable bonds is 8. The lowest BCUT2D eigenvalue weighted by Crippen LogP contribution is -2.25. The number of benzene rings is 3. The molecule has 3 aromatic carbocycles. The summed E-state index contributed by atoms with van der Waals surface area (Å²) in [5.41, 5.74) is 5.08. The molecule has 0 saturated heterocycles. The van der Waals surface area contributed by atoms with Crippen molar-refractivity contribution in [3.05, 3.63) is 137 Å². The number of para-hydroxylation sites is 1. The van der Waals surface area contributed by atoms with Gasteiger partial charge in [-0.3, -0.25) is 9.78 Å². The molecule has 6 heteroatoms. The van der Waals surface area contributed by atoms with Gasteiger partial charge in [-0.25, -0.2) is 4.39 Å². The van der Waals surface area contributed by atoms with E-state index in [1.54, 1.807) is 24.5 Å². The third-order valence-electron chi connectivity index (χ3n) is 6.34. The van der Waals surface area contributed by atoms with Crippen LogP contribution in [0.1, 0.15) is 34.6 Å². The van der Waals surface area contributed by atoms with E-state index in [-0.39, 0.29) is 24.1 Å². The number of fused-ring (bicyclic) bond motifs is 1. The zero-order valence-electron chi connectivity index (χ0n) is 19.6. The molecule has 0 unspecified atom stereocenters. The number of pyridine rings is 1. The number of amides is 1. The zero-order chi connectivity index (χ0) is 24.9. The number of aromatic nitrogens is 2. The molecule has 1 amide bonds. The molecule has 0 aliphatic heterocycles. The van der Waals surface area contributed by atoms with Crippen LogP contribution in [0.2, 0.25) is 5.02 Å². The van der Waals surface area contributed by atoms with E-state index in [0.717, 1.165) is 33.2 Å². The lowest BCUT2D eigenvalue weighted by atomic mass is 9.88. The second-order valence-electron chi connectivity index (χ2n) is 8.80. The third kappa shape index (κ3) is 5.47. The van der Waals surface area contributed by atoms with Gasteiger partial charge in [0.1, 0.15) is 5.82 Å². The van der Waals surface area contributed by atoms with E-state index in [9.17, 15) is 9.18 Å². The van der Waals surface area contributed by atoms with Crippen molar-refractivity contribution in [3.8, 4) is 0 Å². The van der Waals surface area contributed by atoms with E-state index in [1.807, 2.05) is 48.5 Å². The van der Waals surface area contributed by atoms with Crippen LogP contribution in [0, 0.1) is 5.82 Å².